The van der Waals surface area contributed by atoms with Crippen LogP contribution in [0.1, 0.15) is 77.3 Å². The van der Waals surface area contributed by atoms with Crippen molar-refractivity contribution in [2.24, 2.45) is 22.7 Å². The highest BCUT2D eigenvalue weighted by molar-refractivity contribution is 7.85. The molecular weight excluding hydrogens is 370 g/mol. The minimum atomic E-state index is -4.18. The summed E-state index contributed by atoms with van der Waals surface area (Å²) in [4.78, 5) is 0. The molecule has 1 aromatic heterocycles. The van der Waals surface area contributed by atoms with E-state index in [0.717, 1.165) is 12.3 Å². The highest BCUT2D eigenvalue weighted by Crippen LogP contribution is 2.66. The number of fused-ring (bicyclic) bond motifs is 5. The van der Waals surface area contributed by atoms with E-state index in [1.807, 2.05) is 10.8 Å². The Morgan fingerprint density at radius 3 is 2.57 bits per heavy atom. The van der Waals surface area contributed by atoms with Crippen LogP contribution in [0, 0.1) is 22.7 Å². The fourth-order valence-corrected chi connectivity index (χ4v) is 8.06. The molecule has 0 bridgehead atoms. The van der Waals surface area contributed by atoms with Gasteiger partial charge in [-0.25, -0.2) is 13.0 Å². The quantitative estimate of drug-likeness (QED) is 0.565. The van der Waals surface area contributed by atoms with Crippen molar-refractivity contribution in [1.82, 2.24) is 0 Å². The van der Waals surface area contributed by atoms with E-state index in [1.165, 1.54) is 49.7 Å². The molecule has 156 valence electrons. The highest BCUT2D eigenvalue weighted by atomic mass is 32.2. The molecule has 0 radical (unpaired) electrons. The molecule has 1 heterocycles. The van der Waals surface area contributed by atoms with Gasteiger partial charge in [0.25, 0.3) is 0 Å². The van der Waals surface area contributed by atoms with E-state index >= 15 is 0 Å². The lowest BCUT2D eigenvalue weighted by Crippen LogP contribution is -2.58. The Labute approximate surface area is 170 Å². The molecule has 0 aliphatic heterocycles. The molecule has 0 N–H and O–H groups in total. The van der Waals surface area contributed by atoms with Crippen molar-refractivity contribution in [2.75, 3.05) is 5.75 Å². The summed E-state index contributed by atoms with van der Waals surface area (Å²) in [5.41, 5.74) is 3.87. The van der Waals surface area contributed by atoms with Crippen LogP contribution in [0.3, 0.4) is 0 Å². The van der Waals surface area contributed by atoms with Gasteiger partial charge in [0.1, 0.15) is 10.1 Å². The maximum Gasteiger partial charge on any atom is 0.172 e. The van der Waals surface area contributed by atoms with Crippen LogP contribution in [0.5, 0.6) is 0 Å². The highest BCUT2D eigenvalue weighted by Gasteiger charge is 2.59. The Morgan fingerprint density at radius 1 is 1.11 bits per heavy atom. The van der Waals surface area contributed by atoms with Gasteiger partial charge in [0.15, 0.2) is 18.9 Å². The second-order valence-electron chi connectivity index (χ2n) is 10.8. The van der Waals surface area contributed by atoms with Crippen LogP contribution in [-0.2, 0) is 28.5 Å². The first-order valence-corrected chi connectivity index (χ1v) is 12.5. The van der Waals surface area contributed by atoms with Crippen LogP contribution in [0.2, 0.25) is 0 Å². The second-order valence-corrected chi connectivity index (χ2v) is 12.4. The van der Waals surface area contributed by atoms with Crippen LogP contribution in [0.4, 0.5) is 0 Å². The van der Waals surface area contributed by atoms with Gasteiger partial charge in [-0.05, 0) is 72.2 Å². The standard InChI is InChI=1S/C23H35NO3S/c1-21(2)10-5-11-23(4)19(21)8-12-22(3)18-9-13-24(14-15-28(25,26)27)16-17(18)6-7-20(22)23/h9,13,16,19-20H,5-8,10-12,14-15H2,1-4H3/t19?,20?,22-,23-/m0/s1. The monoisotopic (exact) mass is 405 g/mol. The number of rotatable bonds is 3. The van der Waals surface area contributed by atoms with Crippen LogP contribution in [0.25, 0.3) is 0 Å². The number of aromatic nitrogens is 1. The van der Waals surface area contributed by atoms with Crippen LogP contribution < -0.4 is 4.57 Å². The Balaban J connectivity index is 1.66. The number of aryl methyl sites for hydroxylation is 2. The molecule has 4 atom stereocenters. The topological polar surface area (TPSA) is 61.1 Å². The van der Waals surface area contributed by atoms with Crippen molar-refractivity contribution < 1.29 is 17.5 Å². The number of hydrogen-bond acceptors (Lipinski definition) is 3. The fourth-order valence-electron chi connectivity index (χ4n) is 7.62. The first-order chi connectivity index (χ1) is 13.0. The fraction of sp³-hybridized carbons (Fsp3) is 0.783. The molecule has 0 aromatic carbocycles. The molecule has 3 aliphatic carbocycles. The molecule has 3 aliphatic rings. The van der Waals surface area contributed by atoms with E-state index in [9.17, 15) is 13.0 Å². The molecule has 0 saturated heterocycles. The van der Waals surface area contributed by atoms with Gasteiger partial charge >= 0.3 is 0 Å². The van der Waals surface area contributed by atoms with Gasteiger partial charge in [-0.15, -0.1) is 0 Å². The lowest BCUT2D eigenvalue weighted by Gasteiger charge is -2.64. The largest absolute Gasteiger partial charge is 0.748 e. The van der Waals surface area contributed by atoms with E-state index in [0.29, 0.717) is 16.7 Å². The SMILES string of the molecule is CC1(C)CCC[C@@]2(C)C1CC[C@@]1(C)c3cc[n+](CCS(=O)(=O)[O-])cc3CCC21. The van der Waals surface area contributed by atoms with Gasteiger partial charge in [-0.1, -0.05) is 34.1 Å². The van der Waals surface area contributed by atoms with Gasteiger partial charge < -0.3 is 4.55 Å². The summed E-state index contributed by atoms with van der Waals surface area (Å²) in [5, 5.41) is 0. The Hall–Kier alpha value is -0.940. The first kappa shape index (κ1) is 20.3. The Morgan fingerprint density at radius 2 is 1.86 bits per heavy atom. The van der Waals surface area contributed by atoms with Crippen molar-refractivity contribution in [3.05, 3.63) is 29.6 Å². The molecule has 5 heteroatoms. The van der Waals surface area contributed by atoms with Gasteiger partial charge in [0.05, 0.1) is 5.75 Å². The average Bonchev–Trinajstić information content (AvgIpc) is 2.58. The number of pyridine rings is 1. The van der Waals surface area contributed by atoms with Crippen molar-refractivity contribution in [3.63, 3.8) is 0 Å². The molecule has 4 nitrogen and oxygen atoms in total. The summed E-state index contributed by atoms with van der Waals surface area (Å²) in [6, 6.07) is 2.22. The normalized spacial score (nSPS) is 36.9. The summed E-state index contributed by atoms with van der Waals surface area (Å²) in [7, 11) is -4.18. The molecule has 1 aromatic rings. The average molecular weight is 406 g/mol. The summed E-state index contributed by atoms with van der Waals surface area (Å²) in [5.74, 6) is 1.18. The lowest BCUT2D eigenvalue weighted by atomic mass is 9.41. The van der Waals surface area contributed by atoms with Crippen LogP contribution >= 0.6 is 0 Å². The van der Waals surface area contributed by atoms with Crippen LogP contribution in [0.15, 0.2) is 18.5 Å². The Bertz CT molecular complexity index is 878. The molecule has 2 unspecified atom stereocenters. The minimum absolute atomic E-state index is 0.204. The van der Waals surface area contributed by atoms with E-state index in [4.69, 9.17) is 0 Å². The summed E-state index contributed by atoms with van der Waals surface area (Å²) < 4.78 is 34.8. The molecule has 0 amide bonds. The molecule has 4 rings (SSSR count). The molecule has 28 heavy (non-hydrogen) atoms. The van der Waals surface area contributed by atoms with E-state index < -0.39 is 10.1 Å². The third-order valence-corrected chi connectivity index (χ3v) is 9.49. The summed E-state index contributed by atoms with van der Waals surface area (Å²) in [6.45, 7) is 10.3. The maximum absolute atomic E-state index is 11.0. The molecule has 2 saturated carbocycles. The predicted octanol–water partition coefficient (Wildman–Crippen LogP) is 3.97. The van der Waals surface area contributed by atoms with Gasteiger partial charge in [-0.3, -0.25) is 0 Å². The van der Waals surface area contributed by atoms with Crippen molar-refractivity contribution >= 4 is 10.1 Å². The number of nitrogens with zero attached hydrogens (tertiary/aromatic N) is 1. The van der Waals surface area contributed by atoms with Crippen molar-refractivity contribution in [2.45, 2.75) is 84.6 Å². The minimum Gasteiger partial charge on any atom is -0.748 e. The van der Waals surface area contributed by atoms with Gasteiger partial charge in [0.2, 0.25) is 0 Å². The third-order valence-electron chi connectivity index (χ3n) is 8.81. The molecule has 2 fully saturated rings. The third kappa shape index (κ3) is 3.23. The summed E-state index contributed by atoms with van der Waals surface area (Å²) in [6.07, 6.45) is 13.0. The Kier molecular flexibility index (Phi) is 4.74. The first-order valence-electron chi connectivity index (χ1n) is 10.9. The predicted molar refractivity (Wildman–Crippen MR) is 109 cm³/mol. The van der Waals surface area contributed by atoms with Crippen molar-refractivity contribution in [3.8, 4) is 0 Å². The number of hydrogen-bond donors (Lipinski definition) is 0. The van der Waals surface area contributed by atoms with Crippen molar-refractivity contribution in [1.29, 1.82) is 0 Å². The maximum atomic E-state index is 11.0. The molecule has 0 spiro atoms. The van der Waals surface area contributed by atoms with E-state index in [1.54, 1.807) is 0 Å². The zero-order chi connectivity index (χ0) is 20.4. The van der Waals surface area contributed by atoms with Gasteiger partial charge in [-0.2, -0.15) is 0 Å². The molecular formula is C23H35NO3S. The zero-order valence-electron chi connectivity index (χ0n) is 17.8. The van der Waals surface area contributed by atoms with E-state index in [2.05, 4.69) is 40.0 Å². The lowest BCUT2D eigenvalue weighted by molar-refractivity contribution is -0.693. The zero-order valence-corrected chi connectivity index (χ0v) is 18.6. The smallest absolute Gasteiger partial charge is 0.172 e. The second kappa shape index (κ2) is 6.53. The van der Waals surface area contributed by atoms with E-state index in [-0.39, 0.29) is 17.7 Å². The van der Waals surface area contributed by atoms with Gasteiger partial charge in [0, 0.05) is 11.6 Å². The van der Waals surface area contributed by atoms with Crippen LogP contribution in [-0.4, -0.2) is 18.7 Å². The summed E-state index contributed by atoms with van der Waals surface area (Å²) >= 11 is 0.